The van der Waals surface area contributed by atoms with Crippen molar-refractivity contribution in [3.63, 3.8) is 0 Å². The summed E-state index contributed by atoms with van der Waals surface area (Å²) in [7, 11) is 0. The normalized spacial score (nSPS) is 15.2. The minimum absolute atomic E-state index is 0.195. The Balaban J connectivity index is 2.33. The number of aryl methyl sites for hydroxylation is 2. The molecule has 2 aromatic rings. The number of alkyl halides is 3. The van der Waals surface area contributed by atoms with Crippen molar-refractivity contribution < 1.29 is 13.2 Å². The third-order valence-corrected chi connectivity index (χ3v) is 5.83. The first-order valence-electron chi connectivity index (χ1n) is 10.6. The topological polar surface area (TPSA) is 33.1 Å². The second kappa shape index (κ2) is 9.18. The van der Waals surface area contributed by atoms with Crippen molar-refractivity contribution in [3.05, 3.63) is 45.2 Å². The molecule has 0 saturated carbocycles. The molecule has 1 aliphatic rings. The molecule has 3 rings (SSSR count). The predicted octanol–water partition coefficient (Wildman–Crippen LogP) is 6.20. The number of halogens is 4. The lowest BCUT2D eigenvalue weighted by Crippen LogP contribution is -2.35. The summed E-state index contributed by atoms with van der Waals surface area (Å²) < 4.78 is 44.2. The highest BCUT2D eigenvalue weighted by Gasteiger charge is 2.43. The highest BCUT2D eigenvalue weighted by atomic mass is 35.5. The number of fused-ring (bicyclic) bond motifs is 1. The Morgan fingerprint density at radius 1 is 1.20 bits per heavy atom. The third kappa shape index (κ3) is 4.47. The molecule has 8 heteroatoms. The van der Waals surface area contributed by atoms with Crippen molar-refractivity contribution in [3.8, 4) is 0 Å². The number of nitrogens with zero attached hydrogens (tertiary/aromatic N) is 3. The molecule has 4 nitrogen and oxygen atoms in total. The average molecular weight is 443 g/mol. The van der Waals surface area contributed by atoms with Gasteiger partial charge in [0.1, 0.15) is 0 Å². The first-order valence-corrected chi connectivity index (χ1v) is 11.0. The van der Waals surface area contributed by atoms with Crippen LogP contribution in [0.1, 0.15) is 67.2 Å². The second-order valence-corrected chi connectivity index (χ2v) is 8.42. The van der Waals surface area contributed by atoms with Crippen LogP contribution in [-0.4, -0.2) is 34.1 Å². The van der Waals surface area contributed by atoms with Gasteiger partial charge in [-0.1, -0.05) is 31.5 Å². The largest absolute Gasteiger partial charge is 0.435 e. The molecular weight excluding hydrogens is 413 g/mol. The Bertz CT molecular complexity index is 862. The number of benzene rings is 1. The van der Waals surface area contributed by atoms with E-state index < -0.39 is 17.9 Å². The van der Waals surface area contributed by atoms with Crippen molar-refractivity contribution in [1.29, 1.82) is 0 Å². The molecule has 0 saturated heterocycles. The van der Waals surface area contributed by atoms with Crippen LogP contribution >= 0.6 is 11.6 Å². The number of hydrogen-bond donors (Lipinski definition) is 1. The first-order chi connectivity index (χ1) is 14.2. The monoisotopic (exact) mass is 442 g/mol. The Kier molecular flexibility index (Phi) is 7.02. The van der Waals surface area contributed by atoms with E-state index in [2.05, 4.69) is 15.2 Å². The van der Waals surface area contributed by atoms with Crippen LogP contribution in [0, 0.1) is 13.8 Å². The summed E-state index contributed by atoms with van der Waals surface area (Å²) in [5.41, 5.74) is 2.01. The fraction of sp³-hybridized carbons (Fsp3) is 0.591. The number of aromatic nitrogens is 2. The summed E-state index contributed by atoms with van der Waals surface area (Å²) in [5.74, 6) is 0.294. The molecule has 1 unspecified atom stereocenters. The Hall–Kier alpha value is -1.73. The van der Waals surface area contributed by atoms with Crippen LogP contribution < -0.4 is 5.32 Å². The zero-order chi connectivity index (χ0) is 22.1. The standard InChI is InChI=1S/C22H30ClF3N4/c1-5-9-29(10-6-2)18(17-15(4)12-14(3)13-16(17)23)19-20(22(24,25)26)28-21-27-8-7-11-30(19)21/h12-13,18H,5-11H2,1-4H3,(H,27,28). The summed E-state index contributed by atoms with van der Waals surface area (Å²) in [4.78, 5) is 6.13. The van der Waals surface area contributed by atoms with E-state index in [1.807, 2.05) is 39.8 Å². The van der Waals surface area contributed by atoms with E-state index >= 15 is 0 Å². The van der Waals surface area contributed by atoms with Gasteiger partial charge in [-0.15, -0.1) is 0 Å². The fourth-order valence-corrected chi connectivity index (χ4v) is 4.88. The fourth-order valence-electron chi connectivity index (χ4n) is 4.46. The molecule has 1 aliphatic heterocycles. The molecule has 1 aromatic carbocycles. The van der Waals surface area contributed by atoms with Gasteiger partial charge in [0.25, 0.3) is 0 Å². The zero-order valence-electron chi connectivity index (χ0n) is 18.0. The van der Waals surface area contributed by atoms with Gasteiger partial charge >= 0.3 is 6.18 Å². The summed E-state index contributed by atoms with van der Waals surface area (Å²) in [6.45, 7) is 10.4. The molecule has 0 bridgehead atoms. The second-order valence-electron chi connectivity index (χ2n) is 8.01. The van der Waals surface area contributed by atoms with Crippen LogP contribution in [-0.2, 0) is 12.7 Å². The van der Waals surface area contributed by atoms with E-state index in [4.69, 9.17) is 11.6 Å². The van der Waals surface area contributed by atoms with Gasteiger partial charge in [0, 0.05) is 18.1 Å². The molecule has 0 amide bonds. The van der Waals surface area contributed by atoms with Crippen LogP contribution in [0.2, 0.25) is 5.02 Å². The van der Waals surface area contributed by atoms with Crippen LogP contribution in [0.3, 0.4) is 0 Å². The number of anilines is 1. The molecule has 166 valence electrons. The molecule has 1 atom stereocenters. The maximum absolute atomic E-state index is 14.2. The molecule has 0 spiro atoms. The van der Waals surface area contributed by atoms with E-state index in [1.54, 1.807) is 4.57 Å². The van der Waals surface area contributed by atoms with Crippen molar-refractivity contribution in [2.24, 2.45) is 0 Å². The lowest BCUT2D eigenvalue weighted by Gasteiger charge is -2.35. The molecule has 30 heavy (non-hydrogen) atoms. The number of hydrogen-bond acceptors (Lipinski definition) is 3. The van der Waals surface area contributed by atoms with Crippen LogP contribution in [0.4, 0.5) is 19.1 Å². The van der Waals surface area contributed by atoms with E-state index in [9.17, 15) is 13.2 Å². The van der Waals surface area contributed by atoms with Gasteiger partial charge in [0.05, 0.1) is 11.7 Å². The summed E-state index contributed by atoms with van der Waals surface area (Å²) in [6.07, 6.45) is -2.13. The highest BCUT2D eigenvalue weighted by molar-refractivity contribution is 6.31. The van der Waals surface area contributed by atoms with Gasteiger partial charge in [-0.3, -0.25) is 4.90 Å². The molecule has 0 aliphatic carbocycles. The number of imidazole rings is 1. The number of nitrogens with one attached hydrogen (secondary N) is 1. The van der Waals surface area contributed by atoms with Crippen LogP contribution in [0.5, 0.6) is 0 Å². The van der Waals surface area contributed by atoms with E-state index in [-0.39, 0.29) is 5.69 Å². The van der Waals surface area contributed by atoms with Crippen molar-refractivity contribution in [2.45, 2.75) is 65.7 Å². The Morgan fingerprint density at radius 3 is 2.43 bits per heavy atom. The molecule has 0 fully saturated rings. The molecular formula is C22H30ClF3N4. The van der Waals surface area contributed by atoms with Crippen LogP contribution in [0.25, 0.3) is 0 Å². The van der Waals surface area contributed by atoms with E-state index in [0.717, 1.165) is 36.0 Å². The van der Waals surface area contributed by atoms with Gasteiger partial charge in [-0.25, -0.2) is 4.98 Å². The van der Waals surface area contributed by atoms with Gasteiger partial charge in [-0.05, 0) is 69.0 Å². The molecule has 0 radical (unpaired) electrons. The Morgan fingerprint density at radius 2 is 1.87 bits per heavy atom. The summed E-state index contributed by atoms with van der Waals surface area (Å²) >= 11 is 6.69. The SMILES string of the molecule is CCCN(CCC)C(c1c(C)cc(C)cc1Cl)c1c(C(F)(F)F)nc2n1CCCN2. The highest BCUT2D eigenvalue weighted by Crippen LogP contribution is 2.44. The van der Waals surface area contributed by atoms with Gasteiger partial charge in [0.2, 0.25) is 5.95 Å². The minimum atomic E-state index is -4.55. The van der Waals surface area contributed by atoms with Gasteiger partial charge in [0.15, 0.2) is 5.69 Å². The van der Waals surface area contributed by atoms with Gasteiger partial charge < -0.3 is 9.88 Å². The summed E-state index contributed by atoms with van der Waals surface area (Å²) in [5, 5.41) is 3.55. The lowest BCUT2D eigenvalue weighted by molar-refractivity contribution is -0.142. The zero-order valence-corrected chi connectivity index (χ0v) is 18.8. The number of rotatable bonds is 7. The molecule has 1 aromatic heterocycles. The van der Waals surface area contributed by atoms with Gasteiger partial charge in [-0.2, -0.15) is 13.2 Å². The maximum atomic E-state index is 14.2. The van der Waals surface area contributed by atoms with Crippen molar-refractivity contribution in [1.82, 2.24) is 14.5 Å². The smallest absolute Gasteiger partial charge is 0.356 e. The maximum Gasteiger partial charge on any atom is 0.435 e. The lowest BCUT2D eigenvalue weighted by atomic mass is 9.93. The van der Waals surface area contributed by atoms with E-state index in [1.165, 1.54) is 0 Å². The summed E-state index contributed by atoms with van der Waals surface area (Å²) in [6, 6.07) is 3.21. The average Bonchev–Trinajstić information content (AvgIpc) is 3.04. The Labute approximate surface area is 181 Å². The predicted molar refractivity (Wildman–Crippen MR) is 115 cm³/mol. The van der Waals surface area contributed by atoms with Crippen molar-refractivity contribution in [2.75, 3.05) is 25.0 Å². The first kappa shape index (κ1) is 22.9. The quantitative estimate of drug-likeness (QED) is 0.554. The van der Waals surface area contributed by atoms with Crippen molar-refractivity contribution >= 4 is 17.5 Å². The van der Waals surface area contributed by atoms with Crippen LogP contribution in [0.15, 0.2) is 12.1 Å². The third-order valence-electron chi connectivity index (χ3n) is 5.52. The minimum Gasteiger partial charge on any atom is -0.356 e. The van der Waals surface area contributed by atoms with E-state index in [0.29, 0.717) is 37.1 Å². The molecule has 1 N–H and O–H groups in total. The molecule has 2 heterocycles.